The molecule has 0 aliphatic carbocycles. The lowest BCUT2D eigenvalue weighted by Crippen LogP contribution is -2.46. The molecule has 0 unspecified atom stereocenters. The molecule has 2 heterocycles. The van der Waals surface area contributed by atoms with Gasteiger partial charge in [0.1, 0.15) is 0 Å². The van der Waals surface area contributed by atoms with Crippen molar-refractivity contribution in [3.63, 3.8) is 0 Å². The van der Waals surface area contributed by atoms with Crippen LogP contribution in [-0.4, -0.2) is 66.1 Å². The fourth-order valence-electron chi connectivity index (χ4n) is 4.06. The summed E-state index contributed by atoms with van der Waals surface area (Å²) in [6.45, 7) is 5.46. The third kappa shape index (κ3) is 5.83. The molecule has 10 nitrogen and oxygen atoms in total. The van der Waals surface area contributed by atoms with Crippen molar-refractivity contribution in [3.05, 3.63) is 47.5 Å². The minimum absolute atomic E-state index is 0.0933. The van der Waals surface area contributed by atoms with Gasteiger partial charge >= 0.3 is 0 Å². The summed E-state index contributed by atoms with van der Waals surface area (Å²) in [5.74, 6) is 0.266. The molecule has 0 radical (unpaired) electrons. The predicted octanol–water partition coefficient (Wildman–Crippen LogP) is 1.64. The Labute approximate surface area is 203 Å². The van der Waals surface area contributed by atoms with Gasteiger partial charge in [-0.1, -0.05) is 23.7 Å². The first-order valence-corrected chi connectivity index (χ1v) is 11.5. The normalized spacial score (nSPS) is 14.2. The highest BCUT2D eigenvalue weighted by Crippen LogP contribution is 2.32. The van der Waals surface area contributed by atoms with Gasteiger partial charge in [0, 0.05) is 60.9 Å². The van der Waals surface area contributed by atoms with Gasteiger partial charge < -0.3 is 27.8 Å². The van der Waals surface area contributed by atoms with Gasteiger partial charge in [-0.2, -0.15) is 4.99 Å². The summed E-state index contributed by atoms with van der Waals surface area (Å²) < 4.78 is 0. The number of fused-ring (bicyclic) bond motifs is 1. The highest BCUT2D eigenvalue weighted by Gasteiger charge is 2.18. The minimum atomic E-state index is -0.0933. The molecule has 0 bridgehead atoms. The Morgan fingerprint density at radius 2 is 1.74 bits per heavy atom. The molecule has 1 saturated heterocycles. The Hall–Kier alpha value is -3.63. The van der Waals surface area contributed by atoms with Gasteiger partial charge in [-0.25, -0.2) is 9.97 Å². The SMILES string of the molecule is NC(N)=NCCCN1CCN(c2cccc(-c3nc(N=C(N)N)nc4ccc(Cl)cc34)c2)CC1. The summed E-state index contributed by atoms with van der Waals surface area (Å²) in [5, 5.41) is 1.45. The number of piperazine rings is 1. The number of guanidine groups is 2. The topological polar surface area (TPSA) is 161 Å². The molecule has 1 fully saturated rings. The molecule has 1 aromatic heterocycles. The highest BCUT2D eigenvalue weighted by molar-refractivity contribution is 6.31. The molecule has 0 amide bonds. The minimum Gasteiger partial charge on any atom is -0.370 e. The standard InChI is InChI=1S/C23H29ClN10/c24-16-5-6-19-18(14-16)20(31-23(30-19)32-22(27)28)15-3-1-4-17(13-15)34-11-9-33(10-12-34)8-2-7-29-21(25)26/h1,3-6,13-14H,2,7-12H2,(H4,25,26,29)(H4,27,28,30,31,32). The van der Waals surface area contributed by atoms with E-state index in [-0.39, 0.29) is 17.9 Å². The van der Waals surface area contributed by atoms with Gasteiger partial charge in [-0.15, -0.1) is 0 Å². The molecule has 8 N–H and O–H groups in total. The number of halogens is 1. The van der Waals surface area contributed by atoms with Gasteiger partial charge in [-0.3, -0.25) is 9.89 Å². The molecular weight excluding hydrogens is 452 g/mol. The molecule has 4 rings (SSSR count). The van der Waals surface area contributed by atoms with E-state index in [2.05, 4.69) is 41.9 Å². The van der Waals surface area contributed by atoms with Crippen LogP contribution in [0.4, 0.5) is 11.6 Å². The number of nitrogens with zero attached hydrogens (tertiary/aromatic N) is 6. The van der Waals surface area contributed by atoms with E-state index in [1.54, 1.807) is 6.07 Å². The van der Waals surface area contributed by atoms with Crippen molar-refractivity contribution >= 4 is 46.1 Å². The van der Waals surface area contributed by atoms with Crippen molar-refractivity contribution in [3.8, 4) is 11.3 Å². The number of nitrogens with two attached hydrogens (primary N) is 4. The molecular formula is C23H29ClN10. The molecule has 0 atom stereocenters. The van der Waals surface area contributed by atoms with Crippen molar-refractivity contribution < 1.29 is 0 Å². The van der Waals surface area contributed by atoms with Crippen LogP contribution in [0.15, 0.2) is 52.4 Å². The number of aliphatic imine (C=N–C) groups is 2. The van der Waals surface area contributed by atoms with Crippen LogP contribution in [0.3, 0.4) is 0 Å². The van der Waals surface area contributed by atoms with E-state index in [0.29, 0.717) is 17.1 Å². The number of rotatable bonds is 7. The van der Waals surface area contributed by atoms with E-state index in [1.165, 1.54) is 0 Å². The van der Waals surface area contributed by atoms with Crippen molar-refractivity contribution in [2.24, 2.45) is 32.9 Å². The van der Waals surface area contributed by atoms with E-state index in [1.807, 2.05) is 24.3 Å². The summed E-state index contributed by atoms with van der Waals surface area (Å²) in [6, 6.07) is 13.8. The quantitative estimate of drug-likeness (QED) is 0.225. The van der Waals surface area contributed by atoms with Gasteiger partial charge in [0.05, 0.1) is 11.2 Å². The first-order valence-electron chi connectivity index (χ1n) is 11.1. The first kappa shape index (κ1) is 23.5. The van der Waals surface area contributed by atoms with Crippen LogP contribution in [0.5, 0.6) is 0 Å². The lowest BCUT2D eigenvalue weighted by molar-refractivity contribution is 0.256. The molecule has 0 spiro atoms. The van der Waals surface area contributed by atoms with Gasteiger partial charge in [-0.05, 0) is 36.8 Å². The van der Waals surface area contributed by atoms with Crippen LogP contribution >= 0.6 is 11.6 Å². The maximum atomic E-state index is 6.27. The molecule has 1 aliphatic rings. The van der Waals surface area contributed by atoms with Crippen molar-refractivity contribution in [1.29, 1.82) is 0 Å². The average molecular weight is 481 g/mol. The molecule has 0 saturated carbocycles. The lowest BCUT2D eigenvalue weighted by Gasteiger charge is -2.36. The fraction of sp³-hybridized carbons (Fsp3) is 0.304. The van der Waals surface area contributed by atoms with Gasteiger partial charge in [0.15, 0.2) is 11.9 Å². The summed E-state index contributed by atoms with van der Waals surface area (Å²) >= 11 is 6.27. The Bertz CT molecular complexity index is 1210. The van der Waals surface area contributed by atoms with E-state index in [0.717, 1.165) is 61.5 Å². The van der Waals surface area contributed by atoms with Crippen LogP contribution in [0, 0.1) is 0 Å². The van der Waals surface area contributed by atoms with Crippen LogP contribution in [0.25, 0.3) is 22.2 Å². The van der Waals surface area contributed by atoms with Gasteiger partial charge in [0.25, 0.3) is 5.95 Å². The molecule has 3 aromatic rings. The van der Waals surface area contributed by atoms with Crippen molar-refractivity contribution in [2.45, 2.75) is 6.42 Å². The number of hydrogen-bond acceptors (Lipinski definition) is 6. The number of benzene rings is 2. The molecule has 11 heteroatoms. The first-order chi connectivity index (χ1) is 16.4. The molecule has 34 heavy (non-hydrogen) atoms. The average Bonchev–Trinajstić information content (AvgIpc) is 2.81. The predicted molar refractivity (Wildman–Crippen MR) is 139 cm³/mol. The summed E-state index contributed by atoms with van der Waals surface area (Å²) in [6.07, 6.45) is 0.939. The Morgan fingerprint density at radius 3 is 2.47 bits per heavy atom. The second-order valence-corrected chi connectivity index (χ2v) is 8.55. The number of aromatic nitrogens is 2. The van der Waals surface area contributed by atoms with E-state index >= 15 is 0 Å². The van der Waals surface area contributed by atoms with Crippen LogP contribution < -0.4 is 27.8 Å². The highest BCUT2D eigenvalue weighted by atomic mass is 35.5. The van der Waals surface area contributed by atoms with E-state index < -0.39 is 0 Å². The van der Waals surface area contributed by atoms with E-state index in [9.17, 15) is 0 Å². The van der Waals surface area contributed by atoms with Crippen LogP contribution in [-0.2, 0) is 0 Å². The monoisotopic (exact) mass is 480 g/mol. The second kappa shape index (κ2) is 10.5. The summed E-state index contributed by atoms with van der Waals surface area (Å²) in [5.41, 5.74) is 25.4. The zero-order valence-corrected chi connectivity index (χ0v) is 19.6. The maximum absolute atomic E-state index is 6.27. The van der Waals surface area contributed by atoms with Gasteiger partial charge in [0.2, 0.25) is 0 Å². The van der Waals surface area contributed by atoms with Crippen molar-refractivity contribution in [2.75, 3.05) is 44.2 Å². The van der Waals surface area contributed by atoms with Crippen molar-refractivity contribution in [1.82, 2.24) is 14.9 Å². The third-order valence-electron chi connectivity index (χ3n) is 5.66. The fourth-order valence-corrected chi connectivity index (χ4v) is 4.23. The summed E-state index contributed by atoms with van der Waals surface area (Å²) in [4.78, 5) is 22.0. The van der Waals surface area contributed by atoms with Crippen LogP contribution in [0.2, 0.25) is 5.02 Å². The zero-order valence-electron chi connectivity index (χ0n) is 18.9. The lowest BCUT2D eigenvalue weighted by atomic mass is 10.1. The molecule has 1 aliphatic heterocycles. The Kier molecular flexibility index (Phi) is 7.29. The number of anilines is 1. The Morgan fingerprint density at radius 1 is 0.941 bits per heavy atom. The second-order valence-electron chi connectivity index (χ2n) is 8.11. The maximum Gasteiger partial charge on any atom is 0.253 e. The molecule has 2 aromatic carbocycles. The number of hydrogen-bond donors (Lipinski definition) is 4. The molecule has 178 valence electrons. The zero-order chi connectivity index (χ0) is 24.1. The largest absolute Gasteiger partial charge is 0.370 e. The Balaban J connectivity index is 1.55. The summed E-state index contributed by atoms with van der Waals surface area (Å²) in [7, 11) is 0. The van der Waals surface area contributed by atoms with Crippen LogP contribution in [0.1, 0.15) is 6.42 Å². The third-order valence-corrected chi connectivity index (χ3v) is 5.89. The van der Waals surface area contributed by atoms with E-state index in [4.69, 9.17) is 34.5 Å². The smallest absolute Gasteiger partial charge is 0.253 e.